The average molecular weight is 516 g/mol. The molecule has 0 N–H and O–H groups in total. The molecule has 1 aliphatic rings. The van der Waals surface area contributed by atoms with E-state index in [4.69, 9.17) is 44.9 Å². The van der Waals surface area contributed by atoms with Gasteiger partial charge < -0.3 is 9.47 Å². The molecule has 3 aromatic rings. The van der Waals surface area contributed by atoms with Gasteiger partial charge in [-0.3, -0.25) is 9.69 Å². The first kappa shape index (κ1) is 23.6. The lowest BCUT2D eigenvalue weighted by atomic mass is 10.1. The van der Waals surface area contributed by atoms with Crippen LogP contribution in [0, 0.1) is 0 Å². The summed E-state index contributed by atoms with van der Waals surface area (Å²) in [6.07, 6.45) is 1.80. The van der Waals surface area contributed by atoms with Crippen molar-refractivity contribution >= 4 is 69.2 Å². The number of halogens is 2. The van der Waals surface area contributed by atoms with Crippen molar-refractivity contribution in [1.82, 2.24) is 0 Å². The first-order valence-electron chi connectivity index (χ1n) is 10.1. The van der Waals surface area contributed by atoms with Gasteiger partial charge in [0.2, 0.25) is 0 Å². The van der Waals surface area contributed by atoms with Crippen molar-refractivity contribution in [2.75, 3.05) is 11.5 Å². The van der Waals surface area contributed by atoms with Crippen molar-refractivity contribution in [2.24, 2.45) is 0 Å². The number of thioether (sulfide) groups is 1. The number of hydrogen-bond acceptors (Lipinski definition) is 5. The van der Waals surface area contributed by atoms with Crippen LogP contribution in [0.4, 0.5) is 5.69 Å². The number of benzene rings is 3. The van der Waals surface area contributed by atoms with Crippen LogP contribution in [-0.2, 0) is 11.4 Å². The van der Waals surface area contributed by atoms with E-state index < -0.39 is 0 Å². The summed E-state index contributed by atoms with van der Waals surface area (Å²) < 4.78 is 12.2. The zero-order valence-electron chi connectivity index (χ0n) is 17.6. The normalized spacial score (nSPS) is 14.8. The monoisotopic (exact) mass is 515 g/mol. The van der Waals surface area contributed by atoms with E-state index in [-0.39, 0.29) is 5.91 Å². The Hall–Kier alpha value is -2.51. The van der Waals surface area contributed by atoms with Crippen LogP contribution in [0.2, 0.25) is 10.0 Å². The number of rotatable bonds is 7. The Bertz CT molecular complexity index is 1230. The number of anilines is 1. The van der Waals surface area contributed by atoms with Gasteiger partial charge >= 0.3 is 0 Å². The van der Waals surface area contributed by atoms with Crippen molar-refractivity contribution in [2.45, 2.75) is 13.5 Å². The topological polar surface area (TPSA) is 38.8 Å². The van der Waals surface area contributed by atoms with Gasteiger partial charge in [0.25, 0.3) is 5.91 Å². The maximum atomic E-state index is 13.0. The third kappa shape index (κ3) is 5.71. The molecule has 1 saturated heterocycles. The SMILES string of the molecule is CCOc1cc(/C=C2\SC(=S)N(c3cccc(Cl)c3)C2=O)ccc1OCc1ccc(Cl)cc1. The lowest BCUT2D eigenvalue weighted by molar-refractivity contribution is -0.113. The smallest absolute Gasteiger partial charge is 0.270 e. The molecule has 3 aromatic carbocycles. The average Bonchev–Trinajstić information content (AvgIpc) is 3.07. The lowest BCUT2D eigenvalue weighted by Gasteiger charge is -2.14. The van der Waals surface area contributed by atoms with E-state index in [1.807, 2.05) is 49.4 Å². The molecule has 1 aliphatic heterocycles. The summed E-state index contributed by atoms with van der Waals surface area (Å²) in [5.41, 5.74) is 2.45. The van der Waals surface area contributed by atoms with Crippen LogP contribution in [0.25, 0.3) is 6.08 Å². The highest BCUT2D eigenvalue weighted by Crippen LogP contribution is 2.38. The highest BCUT2D eigenvalue weighted by molar-refractivity contribution is 8.27. The van der Waals surface area contributed by atoms with Crippen molar-refractivity contribution in [1.29, 1.82) is 0 Å². The molecule has 1 fully saturated rings. The number of ether oxygens (including phenoxy) is 2. The highest BCUT2D eigenvalue weighted by atomic mass is 35.5. The maximum absolute atomic E-state index is 13.0. The summed E-state index contributed by atoms with van der Waals surface area (Å²) in [5.74, 6) is 1.04. The molecule has 0 radical (unpaired) electrons. The first-order valence-corrected chi connectivity index (χ1v) is 12.1. The molecule has 4 nitrogen and oxygen atoms in total. The van der Waals surface area contributed by atoms with Gasteiger partial charge in [-0.15, -0.1) is 0 Å². The Morgan fingerprint density at radius 2 is 1.76 bits per heavy atom. The van der Waals surface area contributed by atoms with Crippen LogP contribution in [0.3, 0.4) is 0 Å². The lowest BCUT2D eigenvalue weighted by Crippen LogP contribution is -2.27. The van der Waals surface area contributed by atoms with Crippen LogP contribution in [0.15, 0.2) is 71.6 Å². The minimum atomic E-state index is -0.187. The number of carbonyl (C=O) groups is 1. The van der Waals surface area contributed by atoms with Crippen LogP contribution < -0.4 is 14.4 Å². The predicted octanol–water partition coefficient (Wildman–Crippen LogP) is 7.38. The predicted molar refractivity (Wildman–Crippen MR) is 140 cm³/mol. The molecule has 0 aliphatic carbocycles. The van der Waals surface area contributed by atoms with Gasteiger partial charge in [-0.1, -0.05) is 71.4 Å². The maximum Gasteiger partial charge on any atom is 0.270 e. The van der Waals surface area contributed by atoms with Crippen molar-refractivity contribution in [3.05, 3.63) is 92.8 Å². The minimum absolute atomic E-state index is 0.187. The van der Waals surface area contributed by atoms with Gasteiger partial charge in [-0.05, 0) is 66.6 Å². The molecule has 8 heteroatoms. The summed E-state index contributed by atoms with van der Waals surface area (Å²) in [4.78, 5) is 15.0. The zero-order chi connectivity index (χ0) is 23.4. The molecule has 4 rings (SSSR count). The van der Waals surface area contributed by atoms with E-state index in [1.165, 1.54) is 16.7 Å². The fourth-order valence-electron chi connectivity index (χ4n) is 3.20. The number of carbonyl (C=O) groups excluding carboxylic acids is 1. The van der Waals surface area contributed by atoms with Gasteiger partial charge in [-0.25, -0.2) is 0 Å². The second kappa shape index (κ2) is 10.6. The quantitative estimate of drug-likeness (QED) is 0.242. The van der Waals surface area contributed by atoms with Crippen molar-refractivity contribution < 1.29 is 14.3 Å². The van der Waals surface area contributed by atoms with Gasteiger partial charge in [0.15, 0.2) is 15.8 Å². The summed E-state index contributed by atoms with van der Waals surface area (Å²) in [6.45, 7) is 2.78. The summed E-state index contributed by atoms with van der Waals surface area (Å²) >= 11 is 18.7. The molecule has 0 saturated carbocycles. The third-order valence-electron chi connectivity index (χ3n) is 4.73. The van der Waals surface area contributed by atoms with Gasteiger partial charge in [-0.2, -0.15) is 0 Å². The number of nitrogens with zero attached hydrogens (tertiary/aromatic N) is 1. The molecular weight excluding hydrogens is 497 g/mol. The molecule has 0 unspecified atom stereocenters. The Balaban J connectivity index is 1.55. The standard InChI is InChI=1S/C25H19Cl2NO3S2/c1-2-30-22-12-17(8-11-21(22)31-15-16-6-9-18(26)10-7-16)13-23-24(29)28(25(32)33-23)20-5-3-4-19(27)14-20/h3-14H,2,15H2,1H3/b23-13-. The van der Waals surface area contributed by atoms with E-state index in [2.05, 4.69) is 0 Å². The van der Waals surface area contributed by atoms with Crippen LogP contribution in [0.1, 0.15) is 18.1 Å². The Morgan fingerprint density at radius 1 is 0.970 bits per heavy atom. The molecule has 0 aromatic heterocycles. The Labute approximate surface area is 212 Å². The molecular formula is C25H19Cl2NO3S2. The van der Waals surface area contributed by atoms with Gasteiger partial charge in [0, 0.05) is 10.0 Å². The molecule has 1 amide bonds. The molecule has 1 heterocycles. The molecule has 0 bridgehead atoms. The van der Waals surface area contributed by atoms with Crippen LogP contribution >= 0.6 is 47.2 Å². The number of thiocarbonyl (C=S) groups is 1. The Kier molecular flexibility index (Phi) is 7.60. The summed E-state index contributed by atoms with van der Waals surface area (Å²) in [6, 6.07) is 20.1. The van der Waals surface area contributed by atoms with Crippen molar-refractivity contribution in [3.63, 3.8) is 0 Å². The fourth-order valence-corrected chi connectivity index (χ4v) is 4.81. The van der Waals surface area contributed by atoms with Gasteiger partial charge in [0.05, 0.1) is 17.2 Å². The van der Waals surface area contributed by atoms with E-state index >= 15 is 0 Å². The van der Waals surface area contributed by atoms with Crippen LogP contribution in [-0.4, -0.2) is 16.8 Å². The molecule has 0 atom stereocenters. The first-order chi connectivity index (χ1) is 15.9. The Morgan fingerprint density at radius 3 is 2.48 bits per heavy atom. The van der Waals surface area contributed by atoms with E-state index in [0.717, 1.165) is 11.1 Å². The van der Waals surface area contributed by atoms with E-state index in [1.54, 1.807) is 30.3 Å². The van der Waals surface area contributed by atoms with E-state index in [9.17, 15) is 4.79 Å². The third-order valence-corrected chi connectivity index (χ3v) is 6.52. The van der Waals surface area contributed by atoms with Crippen LogP contribution in [0.5, 0.6) is 11.5 Å². The van der Waals surface area contributed by atoms with E-state index in [0.29, 0.717) is 49.7 Å². The highest BCUT2D eigenvalue weighted by Gasteiger charge is 2.33. The van der Waals surface area contributed by atoms with Gasteiger partial charge in [0.1, 0.15) is 6.61 Å². The molecule has 168 valence electrons. The number of amides is 1. The number of hydrogen-bond donors (Lipinski definition) is 0. The zero-order valence-corrected chi connectivity index (χ0v) is 20.7. The molecule has 0 spiro atoms. The molecule has 33 heavy (non-hydrogen) atoms. The largest absolute Gasteiger partial charge is 0.490 e. The summed E-state index contributed by atoms with van der Waals surface area (Å²) in [7, 11) is 0. The minimum Gasteiger partial charge on any atom is -0.490 e. The second-order valence-electron chi connectivity index (χ2n) is 7.05. The second-order valence-corrected chi connectivity index (χ2v) is 9.60. The fraction of sp³-hybridized carbons (Fsp3) is 0.120. The van der Waals surface area contributed by atoms with Crippen molar-refractivity contribution in [3.8, 4) is 11.5 Å². The summed E-state index contributed by atoms with van der Waals surface area (Å²) in [5, 5.41) is 1.22.